The zero-order valence-electron chi connectivity index (χ0n) is 15.5. The lowest BCUT2D eigenvalue weighted by molar-refractivity contribution is 0.0518. The summed E-state index contributed by atoms with van der Waals surface area (Å²) in [6.07, 6.45) is 8.15. The summed E-state index contributed by atoms with van der Waals surface area (Å²) in [4.78, 5) is 20.1. The van der Waals surface area contributed by atoms with Crippen molar-refractivity contribution in [2.24, 2.45) is 16.3 Å². The fraction of sp³-hybridized carbons (Fsp3) is 0.304. The molecule has 27 heavy (non-hydrogen) atoms. The minimum absolute atomic E-state index is 0.0492. The average molecular weight is 358 g/mol. The first-order valence-corrected chi connectivity index (χ1v) is 9.42. The number of phenolic OH excluding ortho intramolecular Hbond substituents is 1. The number of para-hydroxylation sites is 1. The van der Waals surface area contributed by atoms with Gasteiger partial charge in [0.1, 0.15) is 11.3 Å². The Morgan fingerprint density at radius 3 is 2.81 bits per heavy atom. The maximum Gasteiger partial charge on any atom is 0.248 e. The van der Waals surface area contributed by atoms with Gasteiger partial charge in [0.25, 0.3) is 0 Å². The van der Waals surface area contributed by atoms with Crippen molar-refractivity contribution in [1.82, 2.24) is 4.98 Å². The lowest BCUT2D eigenvalue weighted by atomic mass is 9.46. The van der Waals surface area contributed by atoms with E-state index >= 15 is 0 Å². The summed E-state index contributed by atoms with van der Waals surface area (Å²) in [5.41, 5.74) is 4.90. The Balaban J connectivity index is 1.74. The van der Waals surface area contributed by atoms with Crippen molar-refractivity contribution >= 4 is 6.21 Å². The summed E-state index contributed by atoms with van der Waals surface area (Å²) in [6.45, 7) is 4.26. The molecular weight excluding hydrogens is 336 g/mol. The second-order valence-electron chi connectivity index (χ2n) is 7.99. The zero-order valence-corrected chi connectivity index (χ0v) is 15.5. The molecule has 1 saturated carbocycles. The van der Waals surface area contributed by atoms with E-state index in [0.29, 0.717) is 11.5 Å². The molecule has 3 aliphatic carbocycles. The van der Waals surface area contributed by atoms with Gasteiger partial charge in [-0.1, -0.05) is 29.9 Å². The maximum atomic E-state index is 11.9. The third-order valence-corrected chi connectivity index (χ3v) is 6.64. The van der Waals surface area contributed by atoms with Crippen molar-refractivity contribution in [3.8, 4) is 5.75 Å². The molecule has 0 saturated heterocycles. The second kappa shape index (κ2) is 5.32. The Hall–Kier alpha value is -2.88. The molecule has 4 nitrogen and oxygen atoms in total. The number of aromatic amines is 1. The highest BCUT2D eigenvalue weighted by atomic mass is 16.3. The predicted octanol–water partition coefficient (Wildman–Crippen LogP) is 3.86. The van der Waals surface area contributed by atoms with Crippen LogP contribution in [0.25, 0.3) is 0 Å². The predicted molar refractivity (Wildman–Crippen MR) is 106 cm³/mol. The highest BCUT2D eigenvalue weighted by molar-refractivity contribution is 5.84. The summed E-state index contributed by atoms with van der Waals surface area (Å²) in [7, 11) is 0. The number of H-pyrrole nitrogens is 1. The van der Waals surface area contributed by atoms with Crippen LogP contribution in [0.3, 0.4) is 0 Å². The minimum atomic E-state index is -0.470. The smallest absolute Gasteiger partial charge is 0.248 e. The van der Waals surface area contributed by atoms with E-state index in [1.54, 1.807) is 18.3 Å². The van der Waals surface area contributed by atoms with Gasteiger partial charge in [0.2, 0.25) is 5.56 Å². The number of hydrogen-bond donors (Lipinski definition) is 2. The lowest BCUT2D eigenvalue weighted by Crippen LogP contribution is -2.58. The maximum absolute atomic E-state index is 11.9. The van der Waals surface area contributed by atoms with Crippen LogP contribution in [0.15, 0.2) is 69.5 Å². The Morgan fingerprint density at radius 2 is 2.04 bits per heavy atom. The topological polar surface area (TPSA) is 65.5 Å². The molecule has 0 bridgehead atoms. The molecule has 2 N–H and O–H groups in total. The molecule has 0 radical (unpaired) electrons. The van der Waals surface area contributed by atoms with Crippen molar-refractivity contribution in [3.63, 3.8) is 0 Å². The summed E-state index contributed by atoms with van der Waals surface area (Å²) in [6, 6.07) is 10.8. The first-order chi connectivity index (χ1) is 13.0. The van der Waals surface area contributed by atoms with E-state index in [1.807, 2.05) is 24.3 Å². The molecule has 4 heteroatoms. The number of pyridine rings is 1. The Kier molecular flexibility index (Phi) is 3.21. The van der Waals surface area contributed by atoms with Crippen molar-refractivity contribution < 1.29 is 5.11 Å². The monoisotopic (exact) mass is 358 g/mol. The van der Waals surface area contributed by atoms with E-state index in [9.17, 15) is 9.90 Å². The number of benzene rings is 1. The molecule has 1 heterocycles. The molecular formula is C23H22N2O2. The van der Waals surface area contributed by atoms with Gasteiger partial charge in [-0.3, -0.25) is 9.79 Å². The number of hydrogen-bond acceptors (Lipinski definition) is 3. The highest BCUT2D eigenvalue weighted by Crippen LogP contribution is 2.75. The van der Waals surface area contributed by atoms with Crippen LogP contribution in [-0.2, 0) is 12.0 Å². The molecule has 5 rings (SSSR count). The molecule has 1 aromatic carbocycles. The van der Waals surface area contributed by atoms with Crippen LogP contribution in [0.4, 0.5) is 0 Å². The summed E-state index contributed by atoms with van der Waals surface area (Å²) < 4.78 is 0. The van der Waals surface area contributed by atoms with Gasteiger partial charge in [-0.15, -0.1) is 0 Å². The van der Waals surface area contributed by atoms with Crippen molar-refractivity contribution in [3.05, 3.63) is 86.9 Å². The number of allylic oxidation sites excluding steroid dienone is 3. The molecule has 0 amide bonds. The van der Waals surface area contributed by atoms with Gasteiger partial charge in [0.15, 0.2) is 0 Å². The van der Waals surface area contributed by atoms with Gasteiger partial charge < -0.3 is 10.1 Å². The lowest BCUT2D eigenvalue weighted by Gasteiger charge is -2.58. The van der Waals surface area contributed by atoms with Crippen LogP contribution in [0.2, 0.25) is 0 Å². The average Bonchev–Trinajstić information content (AvgIpc) is 3.04. The number of aliphatic imine (C=N–C) groups is 1. The van der Waals surface area contributed by atoms with Gasteiger partial charge in [-0.05, 0) is 50.5 Å². The van der Waals surface area contributed by atoms with Crippen molar-refractivity contribution in [2.45, 2.75) is 32.2 Å². The largest absolute Gasteiger partial charge is 0.507 e. The number of phenols is 1. The summed E-state index contributed by atoms with van der Waals surface area (Å²) in [5.74, 6) is 0.588. The van der Waals surface area contributed by atoms with Crippen LogP contribution in [0, 0.1) is 11.3 Å². The zero-order chi connectivity index (χ0) is 18.8. The van der Waals surface area contributed by atoms with E-state index in [4.69, 9.17) is 4.99 Å². The quantitative estimate of drug-likeness (QED) is 0.632. The first kappa shape index (κ1) is 16.3. The van der Waals surface area contributed by atoms with Crippen molar-refractivity contribution in [1.29, 1.82) is 0 Å². The number of fused-ring (bicyclic) bond motifs is 2. The van der Waals surface area contributed by atoms with E-state index in [-0.39, 0.29) is 16.7 Å². The van der Waals surface area contributed by atoms with Crippen molar-refractivity contribution in [2.75, 3.05) is 0 Å². The van der Waals surface area contributed by atoms with Gasteiger partial charge >= 0.3 is 0 Å². The number of nitrogens with one attached hydrogen (secondary N) is 1. The number of aromatic nitrogens is 1. The fourth-order valence-electron chi connectivity index (χ4n) is 5.75. The van der Waals surface area contributed by atoms with E-state index < -0.39 is 5.54 Å². The van der Waals surface area contributed by atoms with Crippen LogP contribution in [0.5, 0.6) is 5.75 Å². The Labute approximate surface area is 158 Å². The molecule has 136 valence electrons. The number of aromatic hydroxyl groups is 1. The Bertz CT molecular complexity index is 1110. The highest BCUT2D eigenvalue weighted by Gasteiger charge is 2.73. The minimum Gasteiger partial charge on any atom is -0.507 e. The van der Waals surface area contributed by atoms with E-state index in [0.717, 1.165) is 24.1 Å². The van der Waals surface area contributed by atoms with E-state index in [2.05, 4.69) is 31.0 Å². The number of nitrogens with zero attached hydrogens (tertiary/aromatic N) is 1. The van der Waals surface area contributed by atoms with Gasteiger partial charge in [-0.2, -0.15) is 0 Å². The van der Waals surface area contributed by atoms with E-state index in [1.165, 1.54) is 11.1 Å². The van der Waals surface area contributed by atoms with Crippen LogP contribution in [-0.4, -0.2) is 16.3 Å². The first-order valence-electron chi connectivity index (χ1n) is 9.42. The molecule has 1 aromatic heterocycles. The summed E-state index contributed by atoms with van der Waals surface area (Å²) in [5, 5.41) is 10.2. The van der Waals surface area contributed by atoms with Crippen LogP contribution >= 0.6 is 0 Å². The van der Waals surface area contributed by atoms with Gasteiger partial charge in [0, 0.05) is 40.4 Å². The molecule has 3 aliphatic rings. The molecule has 0 aliphatic heterocycles. The molecule has 1 spiro atoms. The van der Waals surface area contributed by atoms with Gasteiger partial charge in [-0.25, -0.2) is 0 Å². The number of rotatable bonds is 2. The third kappa shape index (κ3) is 1.88. The van der Waals surface area contributed by atoms with Gasteiger partial charge in [0.05, 0.1) is 0 Å². The Morgan fingerprint density at radius 1 is 1.22 bits per heavy atom. The second-order valence-corrected chi connectivity index (χ2v) is 7.99. The van der Waals surface area contributed by atoms with Crippen LogP contribution in [0.1, 0.15) is 37.1 Å². The molecule has 1 fully saturated rings. The molecule has 2 unspecified atom stereocenters. The standard InChI is InChI=1S/C23H22N2O2/c1-3-16-18-10-14(2)11-22(18)12-19-17(8-9-21(27)25-19)23(16,22)24-13-15-6-4-5-7-20(15)26/h3-10,13,18,26H,11-12H2,1-2H3,(H,25,27)/b16-3-,24-13?/t18?,22?,23-/m1/s1. The summed E-state index contributed by atoms with van der Waals surface area (Å²) >= 11 is 0. The van der Waals surface area contributed by atoms with Crippen LogP contribution < -0.4 is 5.56 Å². The fourth-order valence-corrected chi connectivity index (χ4v) is 5.75. The molecule has 2 aromatic rings. The SMILES string of the molecule is C/C=C1/C2C=C(C)CC23Cc2[nH]c(=O)ccc2[C@]13N=Cc1ccccc1O. The third-order valence-electron chi connectivity index (χ3n) is 6.64. The normalized spacial score (nSPS) is 32.1. The molecule has 3 atom stereocenters.